The summed E-state index contributed by atoms with van der Waals surface area (Å²) in [7, 11) is 3.76. The van der Waals surface area contributed by atoms with Crippen molar-refractivity contribution in [3.8, 4) is 5.75 Å². The van der Waals surface area contributed by atoms with Gasteiger partial charge in [0, 0.05) is 19.8 Å². The predicted molar refractivity (Wildman–Crippen MR) is 80.0 cm³/mol. The van der Waals surface area contributed by atoms with Crippen LogP contribution in [-0.2, 0) is 7.05 Å². The predicted octanol–water partition coefficient (Wildman–Crippen LogP) is 1.84. The normalized spacial score (nSPS) is 10.5. The lowest BCUT2D eigenvalue weighted by molar-refractivity contribution is 0.475. The van der Waals surface area contributed by atoms with Gasteiger partial charge in [-0.2, -0.15) is 5.10 Å². The summed E-state index contributed by atoms with van der Waals surface area (Å²) < 4.78 is 1.75. The monoisotopic (exact) mass is 276 g/mol. The average Bonchev–Trinajstić information content (AvgIpc) is 2.64. The van der Waals surface area contributed by atoms with E-state index in [1.54, 1.807) is 16.8 Å². The summed E-state index contributed by atoms with van der Waals surface area (Å²) in [5, 5.41) is 13.7. The van der Waals surface area contributed by atoms with Gasteiger partial charge >= 0.3 is 0 Å². The molecule has 0 saturated heterocycles. The van der Waals surface area contributed by atoms with Gasteiger partial charge in [-0.15, -0.1) is 0 Å². The molecule has 2 aromatic rings. The molecule has 2 rings (SSSR count). The zero-order chi connectivity index (χ0) is 14.2. The number of nitrogens with zero attached hydrogens (tertiary/aromatic N) is 3. The highest BCUT2D eigenvalue weighted by Gasteiger charge is 2.19. The lowest BCUT2D eigenvalue weighted by Gasteiger charge is -2.21. The third-order valence-electron chi connectivity index (χ3n) is 2.99. The molecule has 3 N–H and O–H groups in total. The minimum absolute atomic E-state index is 0.230. The number of thiocarbonyl (C=S) groups is 1. The Morgan fingerprint density at radius 2 is 1.95 bits per heavy atom. The summed E-state index contributed by atoms with van der Waals surface area (Å²) in [6.45, 7) is 1.88. The average molecular weight is 276 g/mol. The molecule has 0 unspecified atom stereocenters. The number of phenolic OH excluding ortho intramolecular Hbond substituents is 1. The molecule has 5 nitrogen and oxygen atoms in total. The Labute approximate surface area is 117 Å². The van der Waals surface area contributed by atoms with E-state index in [4.69, 9.17) is 18.0 Å². The van der Waals surface area contributed by atoms with Gasteiger partial charge < -0.3 is 15.7 Å². The Morgan fingerprint density at radius 1 is 1.37 bits per heavy atom. The van der Waals surface area contributed by atoms with E-state index >= 15 is 0 Å². The molecule has 0 radical (unpaired) electrons. The summed E-state index contributed by atoms with van der Waals surface area (Å²) in [6, 6.07) is 6.91. The Kier molecular flexibility index (Phi) is 3.44. The largest absolute Gasteiger partial charge is 0.508 e. The van der Waals surface area contributed by atoms with Crippen LogP contribution in [0, 0.1) is 6.92 Å². The number of aromatic hydroxyl groups is 1. The molecule has 0 aliphatic carbocycles. The van der Waals surface area contributed by atoms with Crippen molar-refractivity contribution in [2.24, 2.45) is 12.8 Å². The Morgan fingerprint density at radius 3 is 2.47 bits per heavy atom. The van der Waals surface area contributed by atoms with E-state index < -0.39 is 0 Å². The summed E-state index contributed by atoms with van der Waals surface area (Å²) in [6.07, 6.45) is 0. The first-order chi connectivity index (χ1) is 8.91. The van der Waals surface area contributed by atoms with Gasteiger partial charge in [-0.1, -0.05) is 12.2 Å². The minimum Gasteiger partial charge on any atom is -0.508 e. The van der Waals surface area contributed by atoms with Crippen molar-refractivity contribution < 1.29 is 5.11 Å². The van der Waals surface area contributed by atoms with Crippen LogP contribution >= 0.6 is 12.2 Å². The van der Waals surface area contributed by atoms with E-state index in [0.717, 1.165) is 22.8 Å². The molecule has 0 fully saturated rings. The zero-order valence-corrected chi connectivity index (χ0v) is 11.9. The fourth-order valence-corrected chi connectivity index (χ4v) is 2.36. The van der Waals surface area contributed by atoms with Crippen molar-refractivity contribution in [1.29, 1.82) is 0 Å². The second-order valence-electron chi connectivity index (χ2n) is 4.35. The molecule has 100 valence electrons. The molecule has 1 aromatic carbocycles. The Bertz CT molecular complexity index is 618. The number of aryl methyl sites for hydroxylation is 2. The lowest BCUT2D eigenvalue weighted by atomic mass is 10.2. The highest BCUT2D eigenvalue weighted by atomic mass is 32.1. The van der Waals surface area contributed by atoms with E-state index in [1.807, 2.05) is 38.1 Å². The molecule has 0 aliphatic heterocycles. The minimum atomic E-state index is 0.230. The highest BCUT2D eigenvalue weighted by molar-refractivity contribution is 7.80. The summed E-state index contributed by atoms with van der Waals surface area (Å²) >= 11 is 5.10. The molecule has 0 bridgehead atoms. The van der Waals surface area contributed by atoms with Crippen molar-refractivity contribution in [1.82, 2.24) is 9.78 Å². The maximum absolute atomic E-state index is 9.33. The van der Waals surface area contributed by atoms with Crippen LogP contribution in [0.2, 0.25) is 0 Å². The van der Waals surface area contributed by atoms with E-state index in [0.29, 0.717) is 4.99 Å². The van der Waals surface area contributed by atoms with Crippen LogP contribution in [0.1, 0.15) is 11.3 Å². The number of phenols is 1. The third-order valence-corrected chi connectivity index (χ3v) is 3.20. The summed E-state index contributed by atoms with van der Waals surface area (Å²) in [4.78, 5) is 2.26. The number of hydrogen-bond donors (Lipinski definition) is 2. The van der Waals surface area contributed by atoms with Crippen LogP contribution in [0.3, 0.4) is 0 Å². The zero-order valence-electron chi connectivity index (χ0n) is 11.1. The number of rotatable bonds is 3. The molecule has 19 heavy (non-hydrogen) atoms. The second kappa shape index (κ2) is 4.89. The number of anilines is 2. The Hall–Kier alpha value is -2.08. The lowest BCUT2D eigenvalue weighted by Crippen LogP contribution is -2.19. The van der Waals surface area contributed by atoms with Crippen molar-refractivity contribution in [3.05, 3.63) is 35.5 Å². The first kappa shape index (κ1) is 13.4. The van der Waals surface area contributed by atoms with Gasteiger partial charge in [0.1, 0.15) is 16.6 Å². The molecule has 1 aromatic heterocycles. The van der Waals surface area contributed by atoms with Crippen molar-refractivity contribution in [2.75, 3.05) is 11.9 Å². The molecule has 6 heteroatoms. The van der Waals surface area contributed by atoms with Crippen LogP contribution in [-0.4, -0.2) is 26.9 Å². The van der Waals surface area contributed by atoms with Gasteiger partial charge in [0.2, 0.25) is 0 Å². The third kappa shape index (κ3) is 2.39. The number of benzene rings is 1. The van der Waals surface area contributed by atoms with E-state index in [2.05, 4.69) is 5.10 Å². The SMILES string of the molecule is Cc1nn(C)c(N(C)c2ccc(O)cc2)c1C(N)=S. The van der Waals surface area contributed by atoms with Crippen LogP contribution < -0.4 is 10.6 Å². The maximum Gasteiger partial charge on any atom is 0.141 e. The van der Waals surface area contributed by atoms with Crippen LogP contribution in [0.15, 0.2) is 24.3 Å². The topological polar surface area (TPSA) is 67.3 Å². The molecule has 0 amide bonds. The van der Waals surface area contributed by atoms with Gasteiger partial charge in [-0.25, -0.2) is 0 Å². The van der Waals surface area contributed by atoms with Crippen molar-refractivity contribution >= 4 is 28.7 Å². The quantitative estimate of drug-likeness (QED) is 0.837. The second-order valence-corrected chi connectivity index (χ2v) is 4.79. The number of hydrogen-bond acceptors (Lipinski definition) is 4. The molecule has 0 saturated carbocycles. The van der Waals surface area contributed by atoms with Gasteiger partial charge in [0.05, 0.1) is 11.3 Å². The Balaban J connectivity index is 2.52. The van der Waals surface area contributed by atoms with Gasteiger partial charge in [0.25, 0.3) is 0 Å². The standard InChI is InChI=1S/C13H16N4OS/c1-8-11(12(14)19)13(17(3)15-8)16(2)9-4-6-10(18)7-5-9/h4-7,18H,1-3H3,(H2,14,19). The molecular formula is C13H16N4OS. The molecule has 0 aliphatic rings. The molecular weight excluding hydrogens is 260 g/mol. The molecule has 1 heterocycles. The maximum atomic E-state index is 9.33. The van der Waals surface area contributed by atoms with Crippen molar-refractivity contribution in [3.63, 3.8) is 0 Å². The number of aromatic nitrogens is 2. The summed E-state index contributed by atoms with van der Waals surface area (Å²) in [5.74, 6) is 1.06. The van der Waals surface area contributed by atoms with Gasteiger partial charge in [-0.3, -0.25) is 4.68 Å². The van der Waals surface area contributed by atoms with E-state index in [-0.39, 0.29) is 5.75 Å². The van der Waals surface area contributed by atoms with Crippen molar-refractivity contribution in [2.45, 2.75) is 6.92 Å². The smallest absolute Gasteiger partial charge is 0.141 e. The fourth-order valence-electron chi connectivity index (χ4n) is 2.12. The number of nitrogens with two attached hydrogens (primary N) is 1. The highest BCUT2D eigenvalue weighted by Crippen LogP contribution is 2.29. The first-order valence-corrected chi connectivity index (χ1v) is 6.18. The fraction of sp³-hybridized carbons (Fsp3) is 0.231. The van der Waals surface area contributed by atoms with Gasteiger partial charge in [-0.05, 0) is 31.2 Å². The van der Waals surface area contributed by atoms with Gasteiger partial charge in [0.15, 0.2) is 0 Å². The first-order valence-electron chi connectivity index (χ1n) is 5.78. The van der Waals surface area contributed by atoms with E-state index in [1.165, 1.54) is 0 Å². The van der Waals surface area contributed by atoms with Crippen LogP contribution in [0.5, 0.6) is 5.75 Å². The molecule has 0 spiro atoms. The van der Waals surface area contributed by atoms with E-state index in [9.17, 15) is 5.11 Å². The molecule has 0 atom stereocenters. The van der Waals surface area contributed by atoms with Crippen LogP contribution in [0.25, 0.3) is 0 Å². The van der Waals surface area contributed by atoms with Crippen LogP contribution in [0.4, 0.5) is 11.5 Å². The summed E-state index contributed by atoms with van der Waals surface area (Å²) in [5.41, 5.74) is 8.27.